The number of thiazole rings is 1. The standard InChI is InChI=1S/C32H28Br2N2O5S/c1-18(2)41-31(38)28-19(3)35-32-36(29(28)25-16-23(34)11-14-26(25)39-4)30(37)27(42-32)15-20-7-12-24(13-8-20)40-17-21-5-9-22(33)10-6-21/h5-16,18,29H,17H2,1-4H3/b27-15-/t29-/m0/s1. The summed E-state index contributed by atoms with van der Waals surface area (Å²) in [7, 11) is 1.56. The van der Waals surface area contributed by atoms with Crippen LogP contribution in [0.5, 0.6) is 11.5 Å². The Bertz CT molecular complexity index is 1840. The number of hydrogen-bond donors (Lipinski definition) is 0. The molecule has 0 unspecified atom stereocenters. The number of methoxy groups -OCH3 is 1. The van der Waals surface area contributed by atoms with Crippen LogP contribution in [-0.2, 0) is 16.1 Å². The second-order valence-electron chi connectivity index (χ2n) is 9.91. The van der Waals surface area contributed by atoms with Gasteiger partial charge in [-0.3, -0.25) is 9.36 Å². The molecule has 1 aromatic heterocycles. The van der Waals surface area contributed by atoms with Gasteiger partial charge in [0.1, 0.15) is 24.1 Å². The third-order valence-corrected chi connectivity index (χ3v) is 8.57. The van der Waals surface area contributed by atoms with Gasteiger partial charge in [0.15, 0.2) is 4.80 Å². The van der Waals surface area contributed by atoms with Crippen molar-refractivity contribution < 1.29 is 19.0 Å². The summed E-state index contributed by atoms with van der Waals surface area (Å²) in [6.45, 7) is 5.79. The number of benzene rings is 3. The Hall–Kier alpha value is -3.47. The number of aromatic nitrogens is 1. The fourth-order valence-electron chi connectivity index (χ4n) is 4.63. The van der Waals surface area contributed by atoms with E-state index in [2.05, 4.69) is 36.9 Å². The lowest BCUT2D eigenvalue weighted by molar-refractivity contribution is -0.143. The van der Waals surface area contributed by atoms with Crippen molar-refractivity contribution in [3.63, 3.8) is 0 Å². The first-order valence-corrected chi connectivity index (χ1v) is 15.6. The smallest absolute Gasteiger partial charge is 0.338 e. The maximum atomic E-state index is 14.0. The molecule has 0 bridgehead atoms. The van der Waals surface area contributed by atoms with Gasteiger partial charge in [-0.05, 0) is 80.4 Å². The normalized spacial score (nSPS) is 14.9. The van der Waals surface area contributed by atoms with E-state index in [1.165, 1.54) is 11.3 Å². The van der Waals surface area contributed by atoms with Gasteiger partial charge >= 0.3 is 5.97 Å². The van der Waals surface area contributed by atoms with Crippen molar-refractivity contribution in [3.8, 4) is 11.5 Å². The monoisotopic (exact) mass is 710 g/mol. The van der Waals surface area contributed by atoms with E-state index in [1.807, 2.05) is 66.7 Å². The van der Waals surface area contributed by atoms with Crippen molar-refractivity contribution in [2.45, 2.75) is 39.5 Å². The van der Waals surface area contributed by atoms with Gasteiger partial charge in [-0.25, -0.2) is 9.79 Å². The molecule has 0 radical (unpaired) electrons. The van der Waals surface area contributed by atoms with Crippen molar-refractivity contribution in [2.75, 3.05) is 7.11 Å². The lowest BCUT2D eigenvalue weighted by atomic mass is 9.95. The highest BCUT2D eigenvalue weighted by molar-refractivity contribution is 9.10. The zero-order valence-corrected chi connectivity index (χ0v) is 27.4. The summed E-state index contributed by atoms with van der Waals surface area (Å²) in [4.78, 5) is 32.5. The molecule has 1 aliphatic heterocycles. The summed E-state index contributed by atoms with van der Waals surface area (Å²) in [5, 5.41) is 0. The van der Waals surface area contributed by atoms with E-state index in [-0.39, 0.29) is 11.7 Å². The molecular formula is C32H28Br2N2O5S. The lowest BCUT2D eigenvalue weighted by Crippen LogP contribution is -2.40. The summed E-state index contributed by atoms with van der Waals surface area (Å²) in [6.07, 6.45) is 1.48. The predicted molar refractivity (Wildman–Crippen MR) is 171 cm³/mol. The highest BCUT2D eigenvalue weighted by Gasteiger charge is 2.35. The van der Waals surface area contributed by atoms with Crippen LogP contribution in [0.25, 0.3) is 6.08 Å². The van der Waals surface area contributed by atoms with Gasteiger partial charge in [-0.1, -0.05) is 67.5 Å². The van der Waals surface area contributed by atoms with Gasteiger partial charge in [-0.2, -0.15) is 0 Å². The summed E-state index contributed by atoms with van der Waals surface area (Å²) >= 11 is 8.24. The minimum atomic E-state index is -0.781. The predicted octanol–water partition coefficient (Wildman–Crippen LogP) is 6.30. The minimum absolute atomic E-state index is 0.260. The Balaban J connectivity index is 1.53. The van der Waals surface area contributed by atoms with Crippen LogP contribution in [0.1, 0.15) is 43.5 Å². The Morgan fingerprint density at radius 2 is 1.74 bits per heavy atom. The number of fused-ring (bicyclic) bond motifs is 1. The third kappa shape index (κ3) is 6.45. The minimum Gasteiger partial charge on any atom is -0.496 e. The van der Waals surface area contributed by atoms with Crippen molar-refractivity contribution >= 4 is 55.2 Å². The average molecular weight is 712 g/mol. The first-order valence-electron chi connectivity index (χ1n) is 13.2. The molecule has 1 aliphatic rings. The third-order valence-electron chi connectivity index (χ3n) is 6.57. The number of ether oxygens (including phenoxy) is 3. The largest absolute Gasteiger partial charge is 0.496 e. The molecule has 0 amide bonds. The maximum absolute atomic E-state index is 14.0. The van der Waals surface area contributed by atoms with E-state index in [0.29, 0.717) is 38.5 Å². The zero-order valence-electron chi connectivity index (χ0n) is 23.4. The zero-order chi connectivity index (χ0) is 30.0. The molecule has 4 aromatic rings. The van der Waals surface area contributed by atoms with Crippen LogP contribution in [0.4, 0.5) is 0 Å². The molecule has 0 aliphatic carbocycles. The second-order valence-corrected chi connectivity index (χ2v) is 12.7. The van der Waals surface area contributed by atoms with E-state index in [4.69, 9.17) is 14.2 Å². The van der Waals surface area contributed by atoms with Gasteiger partial charge in [0.05, 0.1) is 29.0 Å². The number of rotatable bonds is 8. The topological polar surface area (TPSA) is 79.1 Å². The van der Waals surface area contributed by atoms with E-state index >= 15 is 0 Å². The van der Waals surface area contributed by atoms with E-state index in [1.54, 1.807) is 38.5 Å². The van der Waals surface area contributed by atoms with E-state index < -0.39 is 12.0 Å². The van der Waals surface area contributed by atoms with Gasteiger partial charge in [0.2, 0.25) is 0 Å². The summed E-state index contributed by atoms with van der Waals surface area (Å²) in [5.41, 5.74) is 3.08. The Labute approximate surface area is 264 Å². The summed E-state index contributed by atoms with van der Waals surface area (Å²) < 4.78 is 21.0. The van der Waals surface area contributed by atoms with Gasteiger partial charge in [0.25, 0.3) is 5.56 Å². The van der Waals surface area contributed by atoms with Crippen molar-refractivity contribution in [1.82, 2.24) is 4.57 Å². The Kier molecular flexibility index (Phi) is 9.15. The van der Waals surface area contributed by atoms with Crippen molar-refractivity contribution in [3.05, 3.63) is 123 Å². The van der Waals surface area contributed by atoms with Gasteiger partial charge in [-0.15, -0.1) is 0 Å². The molecule has 0 saturated heterocycles. The lowest BCUT2D eigenvalue weighted by Gasteiger charge is -2.26. The molecule has 1 atom stereocenters. The average Bonchev–Trinajstić information content (AvgIpc) is 3.26. The highest BCUT2D eigenvalue weighted by atomic mass is 79.9. The van der Waals surface area contributed by atoms with Crippen LogP contribution in [0.2, 0.25) is 0 Å². The summed E-state index contributed by atoms with van der Waals surface area (Å²) in [5.74, 6) is 0.745. The fraction of sp³-hybridized carbons (Fsp3) is 0.219. The Morgan fingerprint density at radius 3 is 2.40 bits per heavy atom. The van der Waals surface area contributed by atoms with Crippen LogP contribution in [-0.4, -0.2) is 23.8 Å². The molecule has 0 saturated carbocycles. The number of carbonyl (C=O) groups excluding carboxylic acids is 1. The van der Waals surface area contributed by atoms with Crippen molar-refractivity contribution in [1.29, 1.82) is 0 Å². The molecule has 42 heavy (non-hydrogen) atoms. The number of nitrogens with zero attached hydrogens (tertiary/aromatic N) is 2. The quantitative estimate of drug-likeness (QED) is 0.201. The number of halogens is 2. The molecule has 0 N–H and O–H groups in total. The number of hydrogen-bond acceptors (Lipinski definition) is 7. The SMILES string of the molecule is COc1ccc(Br)cc1[C@H]1C(C(=O)OC(C)C)=C(C)N=c2s/c(=C\c3ccc(OCc4ccc(Br)cc4)cc3)c(=O)n21. The molecule has 3 aromatic carbocycles. The first kappa shape index (κ1) is 30.0. The molecule has 10 heteroatoms. The van der Waals surface area contributed by atoms with Crippen molar-refractivity contribution in [2.24, 2.45) is 4.99 Å². The molecule has 0 fully saturated rings. The second kappa shape index (κ2) is 12.8. The van der Waals surface area contributed by atoms with Crippen LogP contribution in [0.3, 0.4) is 0 Å². The molecule has 7 nitrogen and oxygen atoms in total. The van der Waals surface area contributed by atoms with Gasteiger partial charge < -0.3 is 14.2 Å². The van der Waals surface area contributed by atoms with Crippen LogP contribution >= 0.6 is 43.2 Å². The first-order chi connectivity index (χ1) is 20.1. The fourth-order valence-corrected chi connectivity index (χ4v) is 6.32. The van der Waals surface area contributed by atoms with E-state index in [9.17, 15) is 9.59 Å². The van der Waals surface area contributed by atoms with Crippen LogP contribution < -0.4 is 24.4 Å². The molecular weight excluding hydrogens is 684 g/mol. The Morgan fingerprint density at radius 1 is 1.05 bits per heavy atom. The molecule has 5 rings (SSSR count). The van der Waals surface area contributed by atoms with Crippen LogP contribution in [0.15, 0.2) is 96.7 Å². The maximum Gasteiger partial charge on any atom is 0.338 e. The van der Waals surface area contributed by atoms with E-state index in [0.717, 1.165) is 25.8 Å². The number of carbonyl (C=O) groups is 1. The highest BCUT2D eigenvalue weighted by Crippen LogP contribution is 2.37. The number of allylic oxidation sites excluding steroid dienone is 1. The molecule has 216 valence electrons. The van der Waals surface area contributed by atoms with Gasteiger partial charge in [0, 0.05) is 14.5 Å². The molecule has 2 heterocycles. The summed E-state index contributed by atoms with van der Waals surface area (Å²) in [6, 6.07) is 20.3. The molecule has 0 spiro atoms. The van der Waals surface area contributed by atoms with Crippen LogP contribution in [0, 0.1) is 0 Å². The number of esters is 1.